The molecule has 0 amide bonds. The van der Waals surface area contributed by atoms with Gasteiger partial charge in [0.25, 0.3) is 0 Å². The molecule has 1 fully saturated rings. The summed E-state index contributed by atoms with van der Waals surface area (Å²) in [6.07, 6.45) is 5.40. The van der Waals surface area contributed by atoms with Crippen molar-refractivity contribution in [1.82, 2.24) is 0 Å². The highest BCUT2D eigenvalue weighted by molar-refractivity contribution is 6.20. The molecule has 0 bridgehead atoms. The average molecular weight is 205 g/mol. The number of ether oxygens (including phenoxy) is 1. The monoisotopic (exact) mass is 204 g/mol. The van der Waals surface area contributed by atoms with E-state index < -0.39 is 0 Å². The zero-order chi connectivity index (χ0) is 9.84. The molecule has 0 aliphatic carbocycles. The Labute approximate surface area is 86.8 Å². The number of halogens is 1. The minimum atomic E-state index is 0.360. The third-order valence-corrected chi connectivity index (χ3v) is 3.38. The smallest absolute Gasteiger partial charge is 0.0553 e. The maximum absolute atomic E-state index is 6.33. The van der Waals surface area contributed by atoms with Crippen LogP contribution in [0.15, 0.2) is 0 Å². The first-order valence-corrected chi connectivity index (χ1v) is 5.86. The van der Waals surface area contributed by atoms with E-state index in [1.807, 2.05) is 0 Å². The van der Waals surface area contributed by atoms with Crippen molar-refractivity contribution in [3.8, 4) is 0 Å². The molecule has 1 saturated heterocycles. The minimum Gasteiger partial charge on any atom is -0.376 e. The molecule has 2 heteroatoms. The summed E-state index contributed by atoms with van der Waals surface area (Å²) < 4.78 is 5.69. The van der Waals surface area contributed by atoms with Gasteiger partial charge in [0.2, 0.25) is 0 Å². The van der Waals surface area contributed by atoms with Gasteiger partial charge in [0, 0.05) is 5.38 Å². The summed E-state index contributed by atoms with van der Waals surface area (Å²) in [6.45, 7) is 6.50. The van der Waals surface area contributed by atoms with E-state index in [1.54, 1.807) is 0 Å². The maximum atomic E-state index is 6.33. The number of rotatable bonds is 3. The van der Waals surface area contributed by atoms with Crippen LogP contribution in [0, 0.1) is 5.92 Å². The minimum absolute atomic E-state index is 0.360. The van der Waals surface area contributed by atoms with Gasteiger partial charge in [-0.1, -0.05) is 13.3 Å². The lowest BCUT2D eigenvalue weighted by atomic mass is 9.88. The van der Waals surface area contributed by atoms with Gasteiger partial charge in [0.15, 0.2) is 0 Å². The molecule has 0 aromatic rings. The van der Waals surface area contributed by atoms with E-state index in [-0.39, 0.29) is 0 Å². The van der Waals surface area contributed by atoms with Crippen LogP contribution in [0.3, 0.4) is 0 Å². The summed E-state index contributed by atoms with van der Waals surface area (Å²) in [6, 6.07) is 0. The first-order valence-electron chi connectivity index (χ1n) is 5.43. The van der Waals surface area contributed by atoms with Gasteiger partial charge in [-0.2, -0.15) is 0 Å². The summed E-state index contributed by atoms with van der Waals surface area (Å²) in [5.41, 5.74) is 0. The van der Waals surface area contributed by atoms with Gasteiger partial charge in [0.05, 0.1) is 12.2 Å². The van der Waals surface area contributed by atoms with Crippen LogP contribution < -0.4 is 0 Å². The molecule has 3 atom stereocenters. The highest BCUT2D eigenvalue weighted by Gasteiger charge is 2.28. The Morgan fingerprint density at radius 3 is 2.31 bits per heavy atom. The highest BCUT2D eigenvalue weighted by atomic mass is 35.5. The number of hydrogen-bond acceptors (Lipinski definition) is 1. The van der Waals surface area contributed by atoms with Crippen LogP contribution in [0.25, 0.3) is 0 Å². The fraction of sp³-hybridized carbons (Fsp3) is 1.00. The van der Waals surface area contributed by atoms with E-state index >= 15 is 0 Å². The SMILES string of the molecule is CCCC(Cl)C1CC(C)OC(C)C1. The van der Waals surface area contributed by atoms with Crippen molar-refractivity contribution in [2.45, 2.75) is 64.0 Å². The van der Waals surface area contributed by atoms with Crippen molar-refractivity contribution in [3.05, 3.63) is 0 Å². The van der Waals surface area contributed by atoms with E-state index in [4.69, 9.17) is 16.3 Å². The Bertz CT molecular complexity index is 139. The van der Waals surface area contributed by atoms with Crippen LogP contribution in [0.4, 0.5) is 0 Å². The Kier molecular flexibility index (Phi) is 4.54. The molecule has 0 radical (unpaired) electrons. The molecule has 3 unspecified atom stereocenters. The molecular weight excluding hydrogens is 184 g/mol. The van der Waals surface area contributed by atoms with Crippen molar-refractivity contribution in [2.24, 2.45) is 5.92 Å². The Hall–Kier alpha value is 0.250. The molecule has 1 aliphatic rings. The van der Waals surface area contributed by atoms with Crippen molar-refractivity contribution in [1.29, 1.82) is 0 Å². The zero-order valence-electron chi connectivity index (χ0n) is 8.92. The van der Waals surface area contributed by atoms with E-state index in [1.165, 1.54) is 6.42 Å². The third-order valence-electron chi connectivity index (χ3n) is 2.81. The summed E-state index contributed by atoms with van der Waals surface area (Å²) in [4.78, 5) is 0. The van der Waals surface area contributed by atoms with Gasteiger partial charge in [-0.15, -0.1) is 11.6 Å². The standard InChI is InChI=1S/C11H21ClO/c1-4-5-11(12)10-6-8(2)13-9(3)7-10/h8-11H,4-7H2,1-3H3. The normalized spacial score (nSPS) is 37.4. The van der Waals surface area contributed by atoms with Gasteiger partial charge in [-0.25, -0.2) is 0 Å². The topological polar surface area (TPSA) is 9.23 Å². The Morgan fingerprint density at radius 1 is 1.31 bits per heavy atom. The molecule has 0 aromatic carbocycles. The van der Waals surface area contributed by atoms with E-state index in [2.05, 4.69) is 20.8 Å². The molecule has 1 aliphatic heterocycles. The van der Waals surface area contributed by atoms with Crippen LogP contribution >= 0.6 is 11.6 Å². The quantitative estimate of drug-likeness (QED) is 0.639. The molecular formula is C11H21ClO. The summed E-state index contributed by atoms with van der Waals surface area (Å²) in [5.74, 6) is 0.667. The molecule has 0 spiro atoms. The second-order valence-corrected chi connectivity index (χ2v) is 4.85. The first-order chi connectivity index (χ1) is 6.13. The predicted octanol–water partition coefficient (Wildman–Crippen LogP) is 3.60. The highest BCUT2D eigenvalue weighted by Crippen LogP contribution is 2.31. The van der Waals surface area contributed by atoms with Crippen LogP contribution in [0.5, 0.6) is 0 Å². The van der Waals surface area contributed by atoms with Crippen molar-refractivity contribution < 1.29 is 4.74 Å². The van der Waals surface area contributed by atoms with E-state index in [0.717, 1.165) is 19.3 Å². The maximum Gasteiger partial charge on any atom is 0.0553 e. The zero-order valence-corrected chi connectivity index (χ0v) is 9.68. The lowest BCUT2D eigenvalue weighted by Gasteiger charge is -2.34. The van der Waals surface area contributed by atoms with Crippen molar-refractivity contribution in [3.63, 3.8) is 0 Å². The molecule has 0 aromatic heterocycles. The third kappa shape index (κ3) is 3.47. The second kappa shape index (κ2) is 5.21. The first kappa shape index (κ1) is 11.3. The summed E-state index contributed by atoms with van der Waals surface area (Å²) in [5, 5.41) is 0.360. The molecule has 0 N–H and O–H groups in total. The van der Waals surface area contributed by atoms with Gasteiger partial charge >= 0.3 is 0 Å². The molecule has 1 heterocycles. The fourth-order valence-corrected chi connectivity index (χ4v) is 2.69. The van der Waals surface area contributed by atoms with Crippen molar-refractivity contribution in [2.75, 3.05) is 0 Å². The van der Waals surface area contributed by atoms with Crippen LogP contribution in [-0.2, 0) is 4.74 Å². The largest absolute Gasteiger partial charge is 0.376 e. The molecule has 1 rings (SSSR count). The second-order valence-electron chi connectivity index (χ2n) is 4.29. The average Bonchev–Trinajstić information content (AvgIpc) is 2.03. The molecule has 13 heavy (non-hydrogen) atoms. The fourth-order valence-electron chi connectivity index (χ4n) is 2.26. The lowest BCUT2D eigenvalue weighted by molar-refractivity contribution is -0.0529. The Balaban J connectivity index is 2.40. The molecule has 1 nitrogen and oxygen atoms in total. The van der Waals surface area contributed by atoms with E-state index in [9.17, 15) is 0 Å². The van der Waals surface area contributed by atoms with E-state index in [0.29, 0.717) is 23.5 Å². The van der Waals surface area contributed by atoms with Crippen LogP contribution in [0.2, 0.25) is 0 Å². The van der Waals surface area contributed by atoms with Gasteiger partial charge in [-0.3, -0.25) is 0 Å². The summed E-state index contributed by atoms with van der Waals surface area (Å²) >= 11 is 6.33. The van der Waals surface area contributed by atoms with Gasteiger partial charge in [-0.05, 0) is 39.0 Å². The predicted molar refractivity (Wildman–Crippen MR) is 57.3 cm³/mol. The van der Waals surface area contributed by atoms with Gasteiger partial charge in [0.1, 0.15) is 0 Å². The summed E-state index contributed by atoms with van der Waals surface area (Å²) in [7, 11) is 0. The van der Waals surface area contributed by atoms with Crippen molar-refractivity contribution >= 4 is 11.6 Å². The molecule has 0 saturated carbocycles. The van der Waals surface area contributed by atoms with Crippen LogP contribution in [-0.4, -0.2) is 17.6 Å². The van der Waals surface area contributed by atoms with Gasteiger partial charge < -0.3 is 4.74 Å². The number of alkyl halides is 1. The van der Waals surface area contributed by atoms with Crippen LogP contribution in [0.1, 0.15) is 46.5 Å². The lowest BCUT2D eigenvalue weighted by Crippen LogP contribution is -2.33. The Morgan fingerprint density at radius 2 is 1.85 bits per heavy atom. The molecule has 78 valence electrons. The number of hydrogen-bond donors (Lipinski definition) is 0.